The summed E-state index contributed by atoms with van der Waals surface area (Å²) in [6.45, 7) is 1.31. The highest BCUT2D eigenvalue weighted by Crippen LogP contribution is 2.31. The molecule has 0 radical (unpaired) electrons. The number of benzene rings is 1. The lowest BCUT2D eigenvalue weighted by Gasteiger charge is -2.20. The van der Waals surface area contributed by atoms with E-state index in [1.807, 2.05) is 6.92 Å². The second-order valence-corrected chi connectivity index (χ2v) is 4.99. The van der Waals surface area contributed by atoms with Crippen molar-refractivity contribution in [3.8, 4) is 0 Å². The number of rotatable bonds is 7. The molecule has 1 aromatic rings. The third-order valence-electron chi connectivity index (χ3n) is 2.62. The Bertz CT molecular complexity index is 427. The second kappa shape index (κ2) is 8.08. The predicted molar refractivity (Wildman–Crippen MR) is 74.4 cm³/mol. The van der Waals surface area contributed by atoms with Gasteiger partial charge in [-0.2, -0.15) is 13.2 Å². The molecule has 0 saturated carbocycles. The minimum Gasteiger partial charge on any atom is -0.372 e. The van der Waals surface area contributed by atoms with Gasteiger partial charge >= 0.3 is 6.18 Å². The van der Waals surface area contributed by atoms with Crippen LogP contribution >= 0.6 is 23.2 Å². The first-order valence-corrected chi connectivity index (χ1v) is 6.92. The Hall–Kier alpha value is -0.490. The number of ether oxygens (including phenoxy) is 1. The van der Waals surface area contributed by atoms with Crippen molar-refractivity contribution in [3.05, 3.63) is 33.8 Å². The van der Waals surface area contributed by atoms with Crippen LogP contribution in [0, 0.1) is 0 Å². The summed E-state index contributed by atoms with van der Waals surface area (Å²) >= 11 is 12.1. The number of hydrogen-bond donors (Lipinski definition) is 1. The van der Waals surface area contributed by atoms with Gasteiger partial charge in [0.15, 0.2) is 0 Å². The highest BCUT2D eigenvalue weighted by atomic mass is 35.5. The van der Waals surface area contributed by atoms with E-state index in [9.17, 15) is 13.2 Å². The summed E-state index contributed by atoms with van der Waals surface area (Å²) in [4.78, 5) is 0. The molecule has 7 heteroatoms. The molecule has 114 valence electrons. The molecule has 0 amide bonds. The predicted octanol–water partition coefficient (Wildman–Crippen LogP) is 4.61. The minimum absolute atomic E-state index is 0.0139. The van der Waals surface area contributed by atoms with E-state index in [4.69, 9.17) is 23.2 Å². The first-order chi connectivity index (χ1) is 9.35. The summed E-state index contributed by atoms with van der Waals surface area (Å²) in [6, 6.07) is 5.02. The van der Waals surface area contributed by atoms with E-state index in [1.165, 1.54) is 0 Å². The summed E-state index contributed by atoms with van der Waals surface area (Å²) < 4.78 is 40.6. The van der Waals surface area contributed by atoms with Gasteiger partial charge < -0.3 is 10.1 Å². The van der Waals surface area contributed by atoms with Gasteiger partial charge in [-0.05, 0) is 24.6 Å². The van der Waals surface area contributed by atoms with Crippen LogP contribution in [-0.2, 0) is 4.74 Å². The first kappa shape index (κ1) is 17.6. The topological polar surface area (TPSA) is 21.3 Å². The summed E-state index contributed by atoms with van der Waals surface area (Å²) in [5.41, 5.74) is 0.761. The van der Waals surface area contributed by atoms with E-state index >= 15 is 0 Å². The van der Waals surface area contributed by atoms with E-state index in [-0.39, 0.29) is 12.6 Å². The normalized spacial score (nSPS) is 13.5. The van der Waals surface area contributed by atoms with Crippen molar-refractivity contribution in [2.75, 3.05) is 19.8 Å². The summed E-state index contributed by atoms with van der Waals surface area (Å²) in [6.07, 6.45) is -3.93. The lowest BCUT2D eigenvalue weighted by Crippen LogP contribution is -2.24. The Balaban J connectivity index is 2.63. The number of hydrogen-bond acceptors (Lipinski definition) is 2. The van der Waals surface area contributed by atoms with Gasteiger partial charge in [0, 0.05) is 12.6 Å². The lowest BCUT2D eigenvalue weighted by molar-refractivity contribution is -0.174. The van der Waals surface area contributed by atoms with Crippen LogP contribution in [0.25, 0.3) is 0 Å². The van der Waals surface area contributed by atoms with E-state index < -0.39 is 12.8 Å². The number of nitrogens with one attached hydrogen (secondary N) is 1. The monoisotopic (exact) mass is 329 g/mol. The van der Waals surface area contributed by atoms with Gasteiger partial charge in [0.05, 0.1) is 10.0 Å². The van der Waals surface area contributed by atoms with Crippen LogP contribution in [0.1, 0.15) is 24.9 Å². The largest absolute Gasteiger partial charge is 0.411 e. The molecule has 0 bridgehead atoms. The fraction of sp³-hybridized carbons (Fsp3) is 0.538. The van der Waals surface area contributed by atoms with Crippen LogP contribution in [0.15, 0.2) is 18.2 Å². The molecule has 1 unspecified atom stereocenters. The van der Waals surface area contributed by atoms with Crippen molar-refractivity contribution in [3.63, 3.8) is 0 Å². The van der Waals surface area contributed by atoms with Crippen LogP contribution in [0.5, 0.6) is 0 Å². The second-order valence-electron chi connectivity index (χ2n) is 4.21. The Labute approximate surface area is 126 Å². The highest BCUT2D eigenvalue weighted by molar-refractivity contribution is 6.42. The smallest absolute Gasteiger partial charge is 0.372 e. The Morgan fingerprint density at radius 3 is 2.60 bits per heavy atom. The number of halogens is 5. The summed E-state index contributed by atoms with van der Waals surface area (Å²) in [5, 5.41) is 3.99. The highest BCUT2D eigenvalue weighted by Gasteiger charge is 2.27. The fourth-order valence-electron chi connectivity index (χ4n) is 1.79. The third-order valence-corrected chi connectivity index (χ3v) is 3.46. The third kappa shape index (κ3) is 5.87. The van der Waals surface area contributed by atoms with Crippen molar-refractivity contribution in [1.82, 2.24) is 5.32 Å². The first-order valence-electron chi connectivity index (χ1n) is 6.17. The molecule has 0 aliphatic heterocycles. The van der Waals surface area contributed by atoms with E-state index in [2.05, 4.69) is 10.1 Å². The maximum absolute atomic E-state index is 12.0. The van der Waals surface area contributed by atoms with Crippen LogP contribution in [0.2, 0.25) is 10.0 Å². The Kier molecular flexibility index (Phi) is 7.09. The van der Waals surface area contributed by atoms with Gasteiger partial charge in [0.25, 0.3) is 0 Å². The summed E-state index contributed by atoms with van der Waals surface area (Å²) in [5.74, 6) is 0. The molecule has 0 heterocycles. The average Bonchev–Trinajstić information content (AvgIpc) is 2.35. The molecule has 0 aliphatic carbocycles. The Morgan fingerprint density at radius 2 is 2.00 bits per heavy atom. The molecule has 1 N–H and O–H groups in total. The zero-order chi connectivity index (χ0) is 15.2. The lowest BCUT2D eigenvalue weighted by atomic mass is 10.0. The molecular weight excluding hydrogens is 314 g/mol. The van der Waals surface area contributed by atoms with Gasteiger partial charge in [-0.25, -0.2) is 0 Å². The minimum atomic E-state index is -4.30. The molecule has 20 heavy (non-hydrogen) atoms. The zero-order valence-corrected chi connectivity index (χ0v) is 12.4. The molecule has 1 rings (SSSR count). The Morgan fingerprint density at radius 1 is 1.30 bits per heavy atom. The maximum atomic E-state index is 12.0. The van der Waals surface area contributed by atoms with Gasteiger partial charge in [-0.15, -0.1) is 0 Å². The zero-order valence-electron chi connectivity index (χ0n) is 10.9. The van der Waals surface area contributed by atoms with Crippen LogP contribution in [-0.4, -0.2) is 25.9 Å². The van der Waals surface area contributed by atoms with Crippen molar-refractivity contribution >= 4 is 23.2 Å². The maximum Gasteiger partial charge on any atom is 0.411 e. The van der Waals surface area contributed by atoms with Crippen molar-refractivity contribution in [1.29, 1.82) is 0 Å². The molecular formula is C13H16Cl2F3NO. The van der Waals surface area contributed by atoms with E-state index in [0.29, 0.717) is 23.0 Å². The van der Waals surface area contributed by atoms with Crippen LogP contribution in [0.3, 0.4) is 0 Å². The quantitative estimate of drug-likeness (QED) is 0.737. The van der Waals surface area contributed by atoms with E-state index in [0.717, 1.165) is 5.56 Å². The summed E-state index contributed by atoms with van der Waals surface area (Å²) in [7, 11) is 0. The molecule has 0 aromatic heterocycles. The van der Waals surface area contributed by atoms with Crippen LogP contribution < -0.4 is 5.32 Å². The van der Waals surface area contributed by atoms with Gasteiger partial charge in [-0.1, -0.05) is 42.3 Å². The molecule has 1 atom stereocenters. The van der Waals surface area contributed by atoms with Crippen LogP contribution in [0.4, 0.5) is 13.2 Å². The van der Waals surface area contributed by atoms with Crippen molar-refractivity contribution in [2.45, 2.75) is 25.6 Å². The molecule has 0 aliphatic rings. The standard InChI is InChI=1S/C13H16Cl2F3NO/c1-2-19-11(6-7-20-8-13(16,17)18)9-4-3-5-10(14)12(9)15/h3-5,11,19H,2,6-8H2,1H3. The number of alkyl halides is 3. The van der Waals surface area contributed by atoms with E-state index in [1.54, 1.807) is 18.2 Å². The van der Waals surface area contributed by atoms with Crippen molar-refractivity contribution in [2.24, 2.45) is 0 Å². The SMILES string of the molecule is CCNC(CCOCC(F)(F)F)c1cccc(Cl)c1Cl. The fourth-order valence-corrected chi connectivity index (χ4v) is 2.23. The van der Waals surface area contributed by atoms with Crippen molar-refractivity contribution < 1.29 is 17.9 Å². The molecule has 2 nitrogen and oxygen atoms in total. The van der Waals surface area contributed by atoms with Gasteiger partial charge in [0.1, 0.15) is 6.61 Å². The molecule has 0 saturated heterocycles. The average molecular weight is 330 g/mol. The van der Waals surface area contributed by atoms with Gasteiger partial charge in [0.2, 0.25) is 0 Å². The molecule has 1 aromatic carbocycles. The van der Waals surface area contributed by atoms with Gasteiger partial charge in [-0.3, -0.25) is 0 Å². The molecule has 0 spiro atoms. The molecule has 0 fully saturated rings.